The number of hydrogen-bond acceptors (Lipinski definition) is 7. The van der Waals surface area contributed by atoms with E-state index in [1.54, 1.807) is 19.6 Å². The van der Waals surface area contributed by atoms with Crippen LogP contribution in [0.1, 0.15) is 13.8 Å². The summed E-state index contributed by atoms with van der Waals surface area (Å²) in [6, 6.07) is 1.66. The molecular weight excluding hydrogens is 449 g/mol. The van der Waals surface area contributed by atoms with Crippen molar-refractivity contribution in [1.29, 1.82) is 0 Å². The van der Waals surface area contributed by atoms with Crippen molar-refractivity contribution < 1.29 is 30.2 Å². The van der Waals surface area contributed by atoms with Crippen molar-refractivity contribution in [2.45, 2.75) is 91.4 Å². The zero-order valence-corrected chi connectivity index (χ0v) is 25.3. The van der Waals surface area contributed by atoms with Gasteiger partial charge in [0.25, 0.3) is 0 Å². The summed E-state index contributed by atoms with van der Waals surface area (Å²) in [7, 11) is -13.1. The molecule has 2 N–H and O–H groups in total. The quantitative estimate of drug-likeness (QED) is 0.543. The van der Waals surface area contributed by atoms with E-state index in [0.29, 0.717) is 6.04 Å². The molecule has 1 saturated heterocycles. The molecule has 0 aromatic rings. The molecule has 1 atom stereocenters. The molecule has 0 bridgehead atoms. The van der Waals surface area contributed by atoms with Crippen LogP contribution in [0.25, 0.3) is 0 Å². The first-order valence-corrected chi connectivity index (χ1v) is 26.0. The maximum atomic E-state index is 9.86. The Labute approximate surface area is 172 Å². The fraction of sp³-hybridized carbons (Fsp3) is 1.00. The van der Waals surface area contributed by atoms with E-state index in [1.807, 2.05) is 20.0 Å². The predicted molar refractivity (Wildman–Crippen MR) is 124 cm³/mol. The highest BCUT2D eigenvalue weighted by atomic mass is 28.5. The van der Waals surface area contributed by atoms with Crippen molar-refractivity contribution in [2.75, 3.05) is 0 Å². The van der Waals surface area contributed by atoms with Crippen molar-refractivity contribution in [3.05, 3.63) is 0 Å². The second kappa shape index (κ2) is 9.44. The summed E-state index contributed by atoms with van der Waals surface area (Å²) in [6.07, 6.45) is 0. The fourth-order valence-electron chi connectivity index (χ4n) is 3.06. The van der Waals surface area contributed by atoms with E-state index in [9.17, 15) is 9.59 Å². The molecule has 27 heavy (non-hydrogen) atoms. The first kappa shape index (κ1) is 28.0. The van der Waals surface area contributed by atoms with Crippen molar-refractivity contribution in [3.63, 3.8) is 0 Å². The molecule has 1 heterocycles. The molecule has 0 spiro atoms. The maximum Gasteiger partial charge on any atom is 0.323 e. The standard InChI is InChI=1S/C7H22O4Si3.C7H20O3Si3/c1-7-14(6,9)11-13(4,5)10-12(2,3)8;1-7-13(6)9-11(2,3)8-12(4,5)10-13/h8-9H,7H2,1-6H3;7H2,1-6H3. The Morgan fingerprint density at radius 3 is 1.44 bits per heavy atom. The van der Waals surface area contributed by atoms with Crippen molar-refractivity contribution in [1.82, 2.24) is 0 Å². The predicted octanol–water partition coefficient (Wildman–Crippen LogP) is 4.05. The Balaban J connectivity index is 0.000000501. The number of hydrogen-bond donors (Lipinski definition) is 2. The largest absolute Gasteiger partial charge is 0.416 e. The maximum absolute atomic E-state index is 9.86. The minimum Gasteiger partial charge on any atom is -0.416 e. The summed E-state index contributed by atoms with van der Waals surface area (Å²) in [5.41, 5.74) is 0. The van der Waals surface area contributed by atoms with Gasteiger partial charge in [-0.1, -0.05) is 13.8 Å². The molecule has 1 rings (SSSR count). The Bertz CT molecular complexity index is 463. The smallest absolute Gasteiger partial charge is 0.323 e. The molecule has 1 unspecified atom stereocenters. The summed E-state index contributed by atoms with van der Waals surface area (Å²) in [5, 5.41) is 0. The van der Waals surface area contributed by atoms with Gasteiger partial charge in [0.2, 0.25) is 0 Å². The SMILES string of the molecule is CC[Si](C)(O)O[Si](C)(C)O[Si](C)(C)O.CC[Si]1(C)O[Si](C)(C)O[Si](C)(C)O1. The Morgan fingerprint density at radius 1 is 0.741 bits per heavy atom. The van der Waals surface area contributed by atoms with Crippen molar-refractivity contribution in [3.8, 4) is 0 Å². The normalized spacial score (nSPS) is 23.8. The minimum atomic E-state index is -2.56. The third-order valence-electron chi connectivity index (χ3n) is 3.67. The van der Waals surface area contributed by atoms with E-state index in [4.69, 9.17) is 20.6 Å². The van der Waals surface area contributed by atoms with Crippen LogP contribution in [0.5, 0.6) is 0 Å². The van der Waals surface area contributed by atoms with Crippen LogP contribution in [0.2, 0.25) is 77.6 Å². The van der Waals surface area contributed by atoms with E-state index in [0.717, 1.165) is 6.04 Å². The van der Waals surface area contributed by atoms with Gasteiger partial charge in [-0.15, -0.1) is 0 Å². The van der Waals surface area contributed by atoms with Gasteiger partial charge in [0, 0.05) is 0 Å². The van der Waals surface area contributed by atoms with E-state index in [-0.39, 0.29) is 0 Å². The topological polar surface area (TPSA) is 86.6 Å². The zero-order valence-electron chi connectivity index (χ0n) is 19.3. The average Bonchev–Trinajstić information content (AvgIpc) is 2.30. The molecule has 0 saturated carbocycles. The Hall–Kier alpha value is 1.02. The van der Waals surface area contributed by atoms with Crippen molar-refractivity contribution >= 4 is 51.4 Å². The van der Waals surface area contributed by atoms with Crippen LogP contribution >= 0.6 is 0 Å². The summed E-state index contributed by atoms with van der Waals surface area (Å²) in [4.78, 5) is 19.5. The molecule has 1 fully saturated rings. The molecule has 1 aliphatic heterocycles. The first-order valence-electron chi connectivity index (χ1n) is 9.61. The summed E-state index contributed by atoms with van der Waals surface area (Å²) < 4.78 is 29.1. The van der Waals surface area contributed by atoms with Crippen LogP contribution < -0.4 is 0 Å². The molecule has 1 aliphatic rings. The van der Waals surface area contributed by atoms with Gasteiger partial charge in [0.1, 0.15) is 0 Å². The monoisotopic (exact) mass is 490 g/mol. The van der Waals surface area contributed by atoms with Crippen LogP contribution in [-0.4, -0.2) is 61.0 Å². The molecule has 0 aromatic carbocycles. The van der Waals surface area contributed by atoms with Crippen LogP contribution in [0.3, 0.4) is 0 Å². The van der Waals surface area contributed by atoms with Gasteiger partial charge in [0.15, 0.2) is 0 Å². The highest BCUT2D eigenvalue weighted by molar-refractivity contribution is 6.92. The van der Waals surface area contributed by atoms with Gasteiger partial charge >= 0.3 is 51.4 Å². The van der Waals surface area contributed by atoms with Crippen molar-refractivity contribution in [2.24, 2.45) is 0 Å². The van der Waals surface area contributed by atoms with E-state index in [1.165, 1.54) is 0 Å². The lowest BCUT2D eigenvalue weighted by Gasteiger charge is -2.47. The summed E-state index contributed by atoms with van der Waals surface area (Å²) >= 11 is 0. The third-order valence-corrected chi connectivity index (χ3v) is 25.3. The van der Waals surface area contributed by atoms with Gasteiger partial charge in [-0.25, -0.2) is 0 Å². The molecule has 13 heteroatoms. The van der Waals surface area contributed by atoms with E-state index < -0.39 is 51.4 Å². The lowest BCUT2D eigenvalue weighted by molar-refractivity contribution is 0.233. The first-order chi connectivity index (χ1) is 11.7. The molecular formula is C14H42O7Si6. The summed E-state index contributed by atoms with van der Waals surface area (Å²) in [6.45, 7) is 23.5. The van der Waals surface area contributed by atoms with Crippen LogP contribution in [0.15, 0.2) is 0 Å². The second-order valence-corrected chi connectivity index (χ2v) is 30.6. The fourth-order valence-corrected chi connectivity index (χ4v) is 29.1. The number of rotatable bonds is 6. The molecule has 0 amide bonds. The molecule has 7 nitrogen and oxygen atoms in total. The summed E-state index contributed by atoms with van der Waals surface area (Å²) in [5.74, 6) is 0. The van der Waals surface area contributed by atoms with Crippen LogP contribution in [0.4, 0.5) is 0 Å². The lowest BCUT2D eigenvalue weighted by atomic mass is 11.0. The highest BCUT2D eigenvalue weighted by Gasteiger charge is 2.51. The van der Waals surface area contributed by atoms with Gasteiger partial charge < -0.3 is 30.2 Å². The Kier molecular flexibility index (Phi) is 9.80. The molecule has 0 radical (unpaired) electrons. The molecule has 164 valence electrons. The van der Waals surface area contributed by atoms with Gasteiger partial charge in [0.05, 0.1) is 0 Å². The lowest BCUT2D eigenvalue weighted by Crippen LogP contribution is -2.65. The second-order valence-electron chi connectivity index (χ2n) is 9.17. The van der Waals surface area contributed by atoms with E-state index >= 15 is 0 Å². The average molecular weight is 491 g/mol. The zero-order chi connectivity index (χ0) is 21.9. The molecule has 0 aromatic heterocycles. The van der Waals surface area contributed by atoms with E-state index in [2.05, 4.69) is 39.7 Å². The van der Waals surface area contributed by atoms with Gasteiger partial charge in [-0.05, 0) is 77.6 Å². The van der Waals surface area contributed by atoms with Gasteiger partial charge in [-0.2, -0.15) is 0 Å². The molecule has 0 aliphatic carbocycles. The minimum absolute atomic E-state index is 0.639. The Morgan fingerprint density at radius 2 is 1.15 bits per heavy atom. The van der Waals surface area contributed by atoms with Gasteiger partial charge in [-0.3, -0.25) is 0 Å². The van der Waals surface area contributed by atoms with Crippen LogP contribution in [-0.2, 0) is 20.6 Å². The highest BCUT2D eigenvalue weighted by Crippen LogP contribution is 2.32. The third kappa shape index (κ3) is 12.3. The van der Waals surface area contributed by atoms with Crippen LogP contribution in [0, 0.1) is 0 Å².